The highest BCUT2D eigenvalue weighted by Gasteiger charge is 2.43. The number of alkyl halides is 3. The van der Waals surface area contributed by atoms with Gasteiger partial charge in [-0.15, -0.1) is 0 Å². The summed E-state index contributed by atoms with van der Waals surface area (Å²) in [5.41, 5.74) is -0.0315. The number of likely N-dealkylation sites (tertiary alicyclic amines) is 1. The molecule has 0 unspecified atom stereocenters. The van der Waals surface area contributed by atoms with Crippen LogP contribution in [0.1, 0.15) is 56.7 Å². The number of rotatable bonds is 6. The van der Waals surface area contributed by atoms with Gasteiger partial charge < -0.3 is 19.1 Å². The Hall–Kier alpha value is -2.74. The molecule has 2 aromatic rings. The van der Waals surface area contributed by atoms with Crippen LogP contribution in [-0.2, 0) is 27.7 Å². The van der Waals surface area contributed by atoms with Gasteiger partial charge in [-0.1, -0.05) is 24.3 Å². The van der Waals surface area contributed by atoms with E-state index in [4.69, 9.17) is 14.2 Å². The summed E-state index contributed by atoms with van der Waals surface area (Å²) in [4.78, 5) is 14.3. The van der Waals surface area contributed by atoms with Crippen LogP contribution in [0.4, 0.5) is 13.2 Å². The van der Waals surface area contributed by atoms with Crippen LogP contribution in [0.2, 0.25) is 0 Å². The molecule has 2 aliphatic heterocycles. The second kappa shape index (κ2) is 9.72. The number of carbonyl (C=O) groups is 1. The normalized spacial score (nSPS) is 17.7. The van der Waals surface area contributed by atoms with Crippen molar-refractivity contribution in [2.45, 2.75) is 63.8 Å². The molecule has 35 heavy (non-hydrogen) atoms. The zero-order valence-electron chi connectivity index (χ0n) is 20.4. The Morgan fingerprint density at radius 3 is 2.49 bits per heavy atom. The van der Waals surface area contributed by atoms with Gasteiger partial charge in [-0.25, -0.2) is 0 Å². The number of esters is 1. The van der Waals surface area contributed by atoms with Crippen molar-refractivity contribution in [3.05, 3.63) is 59.2 Å². The van der Waals surface area contributed by atoms with Gasteiger partial charge in [-0.3, -0.25) is 4.79 Å². The van der Waals surface area contributed by atoms with Crippen LogP contribution >= 0.6 is 0 Å². The Balaban J connectivity index is 1.34. The van der Waals surface area contributed by atoms with Gasteiger partial charge in [0, 0.05) is 29.2 Å². The van der Waals surface area contributed by atoms with Crippen molar-refractivity contribution in [2.24, 2.45) is 0 Å². The minimum absolute atomic E-state index is 0.0842. The van der Waals surface area contributed by atoms with Gasteiger partial charge in [0.15, 0.2) is 0 Å². The van der Waals surface area contributed by atoms with Gasteiger partial charge >= 0.3 is 12.1 Å². The predicted molar refractivity (Wildman–Crippen MR) is 126 cm³/mol. The molecule has 1 fully saturated rings. The molecule has 0 N–H and O–H groups in total. The molecule has 2 aliphatic rings. The fourth-order valence-corrected chi connectivity index (χ4v) is 4.79. The van der Waals surface area contributed by atoms with E-state index in [1.54, 1.807) is 18.2 Å². The van der Waals surface area contributed by atoms with Crippen LogP contribution in [0.25, 0.3) is 0 Å². The standard InChI is InChI=1S/C27H32F3NO4/c1-25(2,3)35-24(32)10-13-31-14-11-26(12-15-31)18-34-23-16-20(8-9-22(23)26)33-17-19-6-4-5-7-21(19)27(28,29)30/h4-9,16H,10-15,17-18H2,1-3H3. The monoisotopic (exact) mass is 491 g/mol. The lowest BCUT2D eigenvalue weighted by Gasteiger charge is -2.38. The number of fused-ring (bicyclic) bond motifs is 2. The van der Waals surface area contributed by atoms with Crippen molar-refractivity contribution >= 4 is 5.97 Å². The number of halogens is 3. The maximum atomic E-state index is 13.2. The average Bonchev–Trinajstić information content (AvgIpc) is 3.13. The van der Waals surface area contributed by atoms with Gasteiger partial charge in [-0.05, 0) is 58.8 Å². The molecular weight excluding hydrogens is 459 g/mol. The SMILES string of the molecule is CC(C)(C)OC(=O)CCN1CCC2(CC1)COc1cc(OCc3ccccc3C(F)(F)F)ccc12. The molecular formula is C27H32F3NO4. The number of piperidine rings is 1. The van der Waals surface area contributed by atoms with E-state index in [1.165, 1.54) is 12.1 Å². The molecule has 0 bridgehead atoms. The van der Waals surface area contributed by atoms with Crippen molar-refractivity contribution < 1.29 is 32.2 Å². The molecule has 0 aliphatic carbocycles. The lowest BCUT2D eigenvalue weighted by atomic mass is 9.74. The Bertz CT molecular complexity index is 1050. The summed E-state index contributed by atoms with van der Waals surface area (Å²) in [6.45, 7) is 8.39. The minimum atomic E-state index is -4.42. The lowest BCUT2D eigenvalue weighted by molar-refractivity contribution is -0.155. The third-order valence-corrected chi connectivity index (χ3v) is 6.61. The first-order valence-corrected chi connectivity index (χ1v) is 11.9. The van der Waals surface area contributed by atoms with Gasteiger partial charge in [0.25, 0.3) is 0 Å². The fraction of sp³-hybridized carbons (Fsp3) is 0.519. The molecule has 0 amide bonds. The Labute approximate surface area is 204 Å². The number of carbonyl (C=O) groups excluding carboxylic acids is 1. The molecule has 0 radical (unpaired) electrons. The number of hydrogen-bond acceptors (Lipinski definition) is 5. The minimum Gasteiger partial charge on any atom is -0.492 e. The fourth-order valence-electron chi connectivity index (χ4n) is 4.79. The van der Waals surface area contributed by atoms with E-state index < -0.39 is 17.3 Å². The van der Waals surface area contributed by atoms with Crippen molar-refractivity contribution in [3.63, 3.8) is 0 Å². The smallest absolute Gasteiger partial charge is 0.416 e. The van der Waals surface area contributed by atoms with Gasteiger partial charge in [-0.2, -0.15) is 13.2 Å². The summed E-state index contributed by atoms with van der Waals surface area (Å²) < 4.78 is 56.8. The van der Waals surface area contributed by atoms with Crippen LogP contribution in [0.3, 0.4) is 0 Å². The molecule has 0 atom stereocenters. The van der Waals surface area contributed by atoms with Crippen LogP contribution in [0.5, 0.6) is 11.5 Å². The Morgan fingerprint density at radius 1 is 1.09 bits per heavy atom. The van der Waals surface area contributed by atoms with Crippen LogP contribution < -0.4 is 9.47 Å². The molecule has 2 heterocycles. The third-order valence-electron chi connectivity index (χ3n) is 6.61. The molecule has 4 rings (SSSR count). The van der Waals surface area contributed by atoms with E-state index in [9.17, 15) is 18.0 Å². The number of hydrogen-bond donors (Lipinski definition) is 0. The van der Waals surface area contributed by atoms with E-state index in [2.05, 4.69) is 4.90 Å². The molecule has 2 aromatic carbocycles. The van der Waals surface area contributed by atoms with Crippen molar-refractivity contribution in [3.8, 4) is 11.5 Å². The van der Waals surface area contributed by atoms with Crippen molar-refractivity contribution in [1.82, 2.24) is 4.90 Å². The molecule has 8 heteroatoms. The summed E-state index contributed by atoms with van der Waals surface area (Å²) >= 11 is 0. The molecule has 1 spiro atoms. The zero-order valence-corrected chi connectivity index (χ0v) is 20.4. The zero-order chi connectivity index (χ0) is 25.3. The van der Waals surface area contributed by atoms with Gasteiger partial charge in [0.2, 0.25) is 0 Å². The molecule has 0 saturated carbocycles. The number of benzene rings is 2. The van der Waals surface area contributed by atoms with Crippen LogP contribution in [0.15, 0.2) is 42.5 Å². The first-order valence-electron chi connectivity index (χ1n) is 11.9. The van der Waals surface area contributed by atoms with E-state index in [0.717, 1.165) is 43.3 Å². The van der Waals surface area contributed by atoms with E-state index >= 15 is 0 Å². The highest BCUT2D eigenvalue weighted by molar-refractivity contribution is 5.70. The van der Waals surface area contributed by atoms with Crippen molar-refractivity contribution in [1.29, 1.82) is 0 Å². The highest BCUT2D eigenvalue weighted by Crippen LogP contribution is 2.46. The predicted octanol–water partition coefficient (Wildman–Crippen LogP) is 5.74. The Kier molecular flexibility index (Phi) is 7.04. The maximum Gasteiger partial charge on any atom is 0.416 e. The van der Waals surface area contributed by atoms with E-state index in [-0.39, 0.29) is 23.6 Å². The summed E-state index contributed by atoms with van der Waals surface area (Å²) in [6, 6.07) is 11.0. The highest BCUT2D eigenvalue weighted by atomic mass is 19.4. The van der Waals surface area contributed by atoms with Crippen LogP contribution in [0, 0.1) is 0 Å². The lowest BCUT2D eigenvalue weighted by Crippen LogP contribution is -2.44. The second-order valence-corrected chi connectivity index (χ2v) is 10.3. The quantitative estimate of drug-likeness (QED) is 0.482. The second-order valence-electron chi connectivity index (χ2n) is 10.3. The summed E-state index contributed by atoms with van der Waals surface area (Å²) in [5.74, 6) is 1.03. The largest absolute Gasteiger partial charge is 0.492 e. The molecule has 190 valence electrons. The summed E-state index contributed by atoms with van der Waals surface area (Å²) in [7, 11) is 0. The topological polar surface area (TPSA) is 48.0 Å². The first kappa shape index (κ1) is 25.4. The first-order chi connectivity index (χ1) is 16.5. The van der Waals surface area contributed by atoms with Crippen molar-refractivity contribution in [2.75, 3.05) is 26.2 Å². The molecule has 5 nitrogen and oxygen atoms in total. The summed E-state index contributed by atoms with van der Waals surface area (Å²) in [6.07, 6.45) is -2.23. The Morgan fingerprint density at radius 2 is 1.80 bits per heavy atom. The van der Waals surface area contributed by atoms with E-state index in [0.29, 0.717) is 25.3 Å². The molecule has 0 aromatic heterocycles. The number of ether oxygens (including phenoxy) is 3. The van der Waals surface area contributed by atoms with Crippen LogP contribution in [-0.4, -0.2) is 42.7 Å². The van der Waals surface area contributed by atoms with E-state index in [1.807, 2.05) is 26.8 Å². The average molecular weight is 492 g/mol. The summed E-state index contributed by atoms with van der Waals surface area (Å²) in [5, 5.41) is 0. The van der Waals surface area contributed by atoms with Gasteiger partial charge in [0.05, 0.1) is 18.6 Å². The van der Waals surface area contributed by atoms with Gasteiger partial charge in [0.1, 0.15) is 23.7 Å². The number of nitrogens with zero attached hydrogens (tertiary/aromatic N) is 1. The third kappa shape index (κ3) is 6.10. The molecule has 1 saturated heterocycles. The maximum absolute atomic E-state index is 13.2.